The first-order chi connectivity index (χ1) is 12.0. The van der Waals surface area contributed by atoms with Crippen LogP contribution in [0, 0.1) is 0 Å². The number of methoxy groups -OCH3 is 1. The van der Waals surface area contributed by atoms with Crippen LogP contribution in [0.15, 0.2) is 44.4 Å². The molecule has 0 amide bonds. The van der Waals surface area contributed by atoms with Gasteiger partial charge in [0.15, 0.2) is 0 Å². The summed E-state index contributed by atoms with van der Waals surface area (Å²) in [5.74, 6) is 0.864. The highest BCUT2D eigenvalue weighted by molar-refractivity contribution is 9.11. The minimum absolute atomic E-state index is 0.408. The van der Waals surface area contributed by atoms with Crippen LogP contribution in [0.25, 0.3) is 0 Å². The SMILES string of the molecule is COc1ccc(CCN2CCN(S(=O)(=O)c3ccc(Br)s3)CC2)cc1. The number of rotatable bonds is 6. The molecule has 0 N–H and O–H groups in total. The van der Waals surface area contributed by atoms with Crippen LogP contribution >= 0.6 is 27.3 Å². The maximum Gasteiger partial charge on any atom is 0.252 e. The van der Waals surface area contributed by atoms with Gasteiger partial charge in [-0.15, -0.1) is 11.3 Å². The molecule has 1 fully saturated rings. The van der Waals surface area contributed by atoms with E-state index < -0.39 is 10.0 Å². The lowest BCUT2D eigenvalue weighted by Crippen LogP contribution is -2.48. The molecule has 1 saturated heterocycles. The van der Waals surface area contributed by atoms with Crippen LogP contribution in [-0.4, -0.2) is 57.5 Å². The van der Waals surface area contributed by atoms with E-state index in [9.17, 15) is 8.42 Å². The first-order valence-corrected chi connectivity index (χ1v) is 11.1. The van der Waals surface area contributed by atoms with E-state index in [0.717, 1.165) is 35.6 Å². The standard InChI is InChI=1S/C17H21BrN2O3S2/c1-23-15-4-2-14(3-5-15)8-9-19-10-12-20(13-11-19)25(21,22)17-7-6-16(18)24-17/h2-7H,8-13H2,1H3. The summed E-state index contributed by atoms with van der Waals surface area (Å²) in [7, 11) is -1.69. The summed E-state index contributed by atoms with van der Waals surface area (Å²) in [6.07, 6.45) is 0.953. The van der Waals surface area contributed by atoms with Gasteiger partial charge in [0.1, 0.15) is 9.96 Å². The molecule has 2 heterocycles. The van der Waals surface area contributed by atoms with E-state index in [1.54, 1.807) is 23.5 Å². The van der Waals surface area contributed by atoms with Gasteiger partial charge in [0, 0.05) is 32.7 Å². The smallest absolute Gasteiger partial charge is 0.252 e. The van der Waals surface area contributed by atoms with E-state index in [-0.39, 0.29) is 0 Å². The molecule has 0 atom stereocenters. The lowest BCUT2D eigenvalue weighted by molar-refractivity contribution is 0.190. The number of halogens is 1. The first kappa shape index (κ1) is 18.8. The summed E-state index contributed by atoms with van der Waals surface area (Å²) in [6.45, 7) is 3.55. The number of thiophene rings is 1. The van der Waals surface area contributed by atoms with E-state index in [1.165, 1.54) is 16.9 Å². The van der Waals surface area contributed by atoms with Gasteiger partial charge in [0.2, 0.25) is 0 Å². The van der Waals surface area contributed by atoms with Crippen molar-refractivity contribution >= 4 is 37.3 Å². The summed E-state index contributed by atoms with van der Waals surface area (Å²) < 4.78 is 33.3. The Balaban J connectivity index is 1.51. The molecule has 1 aliphatic rings. The lowest BCUT2D eigenvalue weighted by atomic mass is 10.1. The highest BCUT2D eigenvalue weighted by Gasteiger charge is 2.29. The predicted octanol–water partition coefficient (Wildman–Crippen LogP) is 3.07. The van der Waals surface area contributed by atoms with E-state index in [4.69, 9.17) is 4.74 Å². The molecule has 8 heteroatoms. The van der Waals surface area contributed by atoms with Gasteiger partial charge in [-0.05, 0) is 52.2 Å². The van der Waals surface area contributed by atoms with Gasteiger partial charge in [-0.3, -0.25) is 0 Å². The molecule has 25 heavy (non-hydrogen) atoms. The van der Waals surface area contributed by atoms with Gasteiger partial charge in [-0.2, -0.15) is 4.31 Å². The number of benzene rings is 1. The van der Waals surface area contributed by atoms with Gasteiger partial charge >= 0.3 is 0 Å². The van der Waals surface area contributed by atoms with Gasteiger partial charge in [0.25, 0.3) is 10.0 Å². The Bertz CT molecular complexity index is 798. The fraction of sp³-hybridized carbons (Fsp3) is 0.412. The summed E-state index contributed by atoms with van der Waals surface area (Å²) >= 11 is 4.59. The predicted molar refractivity (Wildman–Crippen MR) is 104 cm³/mol. The number of sulfonamides is 1. The molecule has 0 radical (unpaired) electrons. The molecule has 0 spiro atoms. The number of hydrogen-bond acceptors (Lipinski definition) is 5. The molecular weight excluding hydrogens is 424 g/mol. The molecule has 1 aliphatic heterocycles. The summed E-state index contributed by atoms with van der Waals surface area (Å²) in [5.41, 5.74) is 1.26. The number of nitrogens with zero attached hydrogens (tertiary/aromatic N) is 2. The Kier molecular flexibility index (Phi) is 6.17. The highest BCUT2D eigenvalue weighted by Crippen LogP contribution is 2.28. The second kappa shape index (κ2) is 8.18. The Morgan fingerprint density at radius 2 is 1.76 bits per heavy atom. The second-order valence-corrected chi connectivity index (χ2v) is 10.5. The highest BCUT2D eigenvalue weighted by atomic mass is 79.9. The Hall–Kier alpha value is -0.930. The van der Waals surface area contributed by atoms with Crippen molar-refractivity contribution in [3.63, 3.8) is 0 Å². The van der Waals surface area contributed by atoms with Crippen LogP contribution in [0.2, 0.25) is 0 Å². The number of piperazine rings is 1. The van der Waals surface area contributed by atoms with Crippen molar-refractivity contribution in [2.45, 2.75) is 10.6 Å². The maximum atomic E-state index is 12.6. The number of hydrogen-bond donors (Lipinski definition) is 0. The van der Waals surface area contributed by atoms with Gasteiger partial charge < -0.3 is 9.64 Å². The Morgan fingerprint density at radius 3 is 2.32 bits per heavy atom. The van der Waals surface area contributed by atoms with Crippen molar-refractivity contribution in [2.24, 2.45) is 0 Å². The third kappa shape index (κ3) is 4.62. The average molecular weight is 445 g/mol. The molecule has 1 aromatic carbocycles. The van der Waals surface area contributed by atoms with Crippen LogP contribution in [-0.2, 0) is 16.4 Å². The van der Waals surface area contributed by atoms with E-state index in [0.29, 0.717) is 17.3 Å². The van der Waals surface area contributed by atoms with E-state index in [2.05, 4.69) is 33.0 Å². The normalized spacial score (nSPS) is 16.9. The van der Waals surface area contributed by atoms with Crippen LogP contribution in [0.4, 0.5) is 0 Å². The average Bonchev–Trinajstić information content (AvgIpc) is 3.08. The Morgan fingerprint density at radius 1 is 1.08 bits per heavy atom. The molecule has 3 rings (SSSR count). The fourth-order valence-electron chi connectivity index (χ4n) is 2.84. The van der Waals surface area contributed by atoms with Crippen molar-refractivity contribution in [3.05, 3.63) is 45.7 Å². The van der Waals surface area contributed by atoms with E-state index in [1.807, 2.05) is 12.1 Å². The monoisotopic (exact) mass is 444 g/mol. The molecule has 2 aromatic rings. The molecule has 0 aliphatic carbocycles. The zero-order chi connectivity index (χ0) is 17.9. The van der Waals surface area contributed by atoms with Gasteiger partial charge in [-0.1, -0.05) is 12.1 Å². The van der Waals surface area contributed by atoms with Crippen molar-refractivity contribution < 1.29 is 13.2 Å². The minimum Gasteiger partial charge on any atom is -0.497 e. The molecule has 0 unspecified atom stereocenters. The van der Waals surface area contributed by atoms with Crippen molar-refractivity contribution in [1.29, 1.82) is 0 Å². The molecule has 0 bridgehead atoms. The largest absolute Gasteiger partial charge is 0.497 e. The van der Waals surface area contributed by atoms with E-state index >= 15 is 0 Å². The summed E-state index contributed by atoms with van der Waals surface area (Å²) in [4.78, 5) is 2.32. The zero-order valence-electron chi connectivity index (χ0n) is 14.0. The van der Waals surface area contributed by atoms with Crippen LogP contribution in [0.1, 0.15) is 5.56 Å². The molecule has 136 valence electrons. The first-order valence-electron chi connectivity index (χ1n) is 8.10. The number of ether oxygens (including phenoxy) is 1. The lowest BCUT2D eigenvalue weighted by Gasteiger charge is -2.33. The zero-order valence-corrected chi connectivity index (χ0v) is 17.2. The summed E-state index contributed by atoms with van der Waals surface area (Å²) in [6, 6.07) is 11.5. The van der Waals surface area contributed by atoms with Crippen LogP contribution in [0.5, 0.6) is 5.75 Å². The van der Waals surface area contributed by atoms with Gasteiger partial charge in [-0.25, -0.2) is 8.42 Å². The van der Waals surface area contributed by atoms with Crippen LogP contribution in [0.3, 0.4) is 0 Å². The van der Waals surface area contributed by atoms with Gasteiger partial charge in [0.05, 0.1) is 10.9 Å². The Labute approximate surface area is 161 Å². The third-order valence-electron chi connectivity index (χ3n) is 4.35. The summed E-state index contributed by atoms with van der Waals surface area (Å²) in [5, 5.41) is 0. The molecule has 1 aromatic heterocycles. The van der Waals surface area contributed by atoms with Crippen molar-refractivity contribution in [1.82, 2.24) is 9.21 Å². The second-order valence-electron chi connectivity index (χ2n) is 5.90. The van der Waals surface area contributed by atoms with Crippen molar-refractivity contribution in [2.75, 3.05) is 39.8 Å². The van der Waals surface area contributed by atoms with Crippen molar-refractivity contribution in [3.8, 4) is 5.75 Å². The molecular formula is C17H21BrN2O3S2. The van der Waals surface area contributed by atoms with Crippen LogP contribution < -0.4 is 4.74 Å². The molecule has 0 saturated carbocycles. The minimum atomic E-state index is -3.36. The molecule has 5 nitrogen and oxygen atoms in total. The quantitative estimate of drug-likeness (QED) is 0.686. The fourth-order valence-corrected chi connectivity index (χ4v) is 6.42. The third-order valence-corrected chi connectivity index (χ3v) is 8.34. The topological polar surface area (TPSA) is 49.9 Å². The maximum absolute atomic E-state index is 12.6.